The minimum Gasteiger partial charge on any atom is -0.493 e. The molecule has 0 atom stereocenters. The van der Waals surface area contributed by atoms with Gasteiger partial charge in [-0.25, -0.2) is 14.3 Å². The Bertz CT molecular complexity index is 2160. The number of hydrogen-bond acceptors (Lipinski definition) is 9. The number of ether oxygens (including phenoxy) is 2. The summed E-state index contributed by atoms with van der Waals surface area (Å²) >= 11 is 0. The summed E-state index contributed by atoms with van der Waals surface area (Å²) in [5, 5.41) is 28.7. The van der Waals surface area contributed by atoms with Gasteiger partial charge in [-0.2, -0.15) is 0 Å². The van der Waals surface area contributed by atoms with Crippen LogP contribution in [0.5, 0.6) is 11.5 Å². The van der Waals surface area contributed by atoms with Crippen LogP contribution in [0.15, 0.2) is 109 Å². The van der Waals surface area contributed by atoms with Crippen LogP contribution in [-0.2, 0) is 26.2 Å². The Morgan fingerprint density at radius 3 is 2.06 bits per heavy atom. The van der Waals surface area contributed by atoms with Crippen molar-refractivity contribution in [1.82, 2.24) is 39.5 Å². The van der Waals surface area contributed by atoms with E-state index >= 15 is 0 Å². The van der Waals surface area contributed by atoms with E-state index in [4.69, 9.17) is 14.5 Å². The van der Waals surface area contributed by atoms with E-state index in [-0.39, 0.29) is 12.3 Å². The highest BCUT2D eigenvalue weighted by atomic mass is 16.6. The minimum absolute atomic E-state index is 0.0375. The van der Waals surface area contributed by atoms with E-state index in [1.165, 1.54) is 12.1 Å². The molecular weight excluding hydrogens is 598 g/mol. The number of aromatic nitrogens is 8. The Kier molecular flexibility index (Phi) is 8.07. The molecule has 4 aromatic carbocycles. The zero-order chi connectivity index (χ0) is 32.2. The third-order valence-corrected chi connectivity index (χ3v) is 7.61. The molecule has 3 heterocycles. The first-order valence-electron chi connectivity index (χ1n) is 14.8. The smallest absolute Gasteiger partial charge is 0.271 e. The quantitative estimate of drug-likeness (QED) is 0.126. The average Bonchev–Trinajstić information content (AvgIpc) is 3.83. The van der Waals surface area contributed by atoms with Crippen molar-refractivity contribution in [3.63, 3.8) is 0 Å². The van der Waals surface area contributed by atoms with Crippen molar-refractivity contribution in [3.05, 3.63) is 142 Å². The fraction of sp³-hybridized carbons (Fsp3) is 0.147. The predicted octanol–water partition coefficient (Wildman–Crippen LogP) is 5.53. The Hall–Kier alpha value is -6.37. The number of rotatable bonds is 12. The minimum atomic E-state index is -0.428. The molecule has 0 aliphatic heterocycles. The van der Waals surface area contributed by atoms with E-state index in [2.05, 4.69) is 20.6 Å². The number of nitro benzene ring substituents is 1. The average molecular weight is 628 g/mol. The van der Waals surface area contributed by atoms with E-state index in [1.807, 2.05) is 95.8 Å². The van der Waals surface area contributed by atoms with Gasteiger partial charge in [0.15, 0.2) is 11.5 Å². The highest BCUT2D eigenvalue weighted by molar-refractivity contribution is 5.83. The largest absolute Gasteiger partial charge is 0.493 e. The number of nitrogens with zero attached hydrogens (tertiary/aromatic N) is 9. The van der Waals surface area contributed by atoms with Crippen LogP contribution in [0.1, 0.15) is 22.5 Å². The van der Waals surface area contributed by atoms with Crippen LogP contribution in [0.2, 0.25) is 0 Å². The van der Waals surface area contributed by atoms with Gasteiger partial charge >= 0.3 is 0 Å². The van der Waals surface area contributed by atoms with Crippen molar-refractivity contribution in [3.8, 4) is 22.9 Å². The number of methoxy groups -OCH3 is 1. The maximum atomic E-state index is 11.5. The van der Waals surface area contributed by atoms with Gasteiger partial charge in [-0.15, -0.1) is 10.2 Å². The molecule has 7 rings (SSSR count). The lowest BCUT2D eigenvalue weighted by atomic mass is 10.2. The summed E-state index contributed by atoms with van der Waals surface area (Å²) in [5.74, 6) is 1.61. The lowest BCUT2D eigenvalue weighted by Crippen LogP contribution is -2.04. The normalized spacial score (nSPS) is 11.2. The zero-order valence-corrected chi connectivity index (χ0v) is 25.4. The third kappa shape index (κ3) is 6.54. The number of fused-ring (bicyclic) bond motifs is 1. The van der Waals surface area contributed by atoms with Crippen molar-refractivity contribution in [1.29, 1.82) is 0 Å². The molecule has 0 saturated carbocycles. The number of imidazole rings is 1. The highest BCUT2D eigenvalue weighted by Gasteiger charge is 2.19. The standard InChI is InChI=1S/C34H29N9O4/c1-46-33-16-26(12-15-32(33)47-23-28-21-41(39-37-28)19-25-10-6-3-7-11-25)34-35-30-17-29(43(44)45)13-14-31(30)42(34)22-27-20-40(38-36-27)18-24-8-4-2-5-9-24/h2-17,20-21H,18-19,22-23H2,1H3. The molecule has 7 aromatic rings. The van der Waals surface area contributed by atoms with Gasteiger partial charge in [0, 0.05) is 17.7 Å². The van der Waals surface area contributed by atoms with Crippen molar-refractivity contribution >= 4 is 16.7 Å². The Morgan fingerprint density at radius 1 is 0.745 bits per heavy atom. The number of hydrogen-bond donors (Lipinski definition) is 0. The molecule has 0 amide bonds. The SMILES string of the molecule is COc1cc(-c2nc3cc([N+](=O)[O-])ccc3n2Cc2cn(Cc3ccccc3)nn2)ccc1OCc1cn(Cc2ccccc2)nn1. The summed E-state index contributed by atoms with van der Waals surface area (Å²) in [6, 6.07) is 30.2. The summed E-state index contributed by atoms with van der Waals surface area (Å²) in [4.78, 5) is 15.9. The molecule has 0 bridgehead atoms. The second-order valence-corrected chi connectivity index (χ2v) is 10.9. The van der Waals surface area contributed by atoms with Crippen LogP contribution < -0.4 is 9.47 Å². The predicted molar refractivity (Wildman–Crippen MR) is 173 cm³/mol. The van der Waals surface area contributed by atoms with Gasteiger partial charge in [0.25, 0.3) is 5.69 Å². The highest BCUT2D eigenvalue weighted by Crippen LogP contribution is 2.35. The number of non-ortho nitro benzene ring substituents is 1. The lowest BCUT2D eigenvalue weighted by Gasteiger charge is -2.12. The fourth-order valence-electron chi connectivity index (χ4n) is 5.36. The first-order chi connectivity index (χ1) is 23.0. The molecule has 0 saturated heterocycles. The number of nitro groups is 1. The van der Waals surface area contributed by atoms with E-state index in [9.17, 15) is 10.1 Å². The molecule has 0 radical (unpaired) electrons. The molecule has 0 N–H and O–H groups in total. The Labute approximate surface area is 268 Å². The van der Waals surface area contributed by atoms with Crippen LogP contribution in [0.4, 0.5) is 5.69 Å². The van der Waals surface area contributed by atoms with Crippen LogP contribution in [0.3, 0.4) is 0 Å². The molecule has 234 valence electrons. The van der Waals surface area contributed by atoms with Crippen LogP contribution in [-0.4, -0.2) is 51.6 Å². The van der Waals surface area contributed by atoms with Gasteiger partial charge in [-0.05, 0) is 35.4 Å². The molecule has 0 unspecified atom stereocenters. The molecule has 0 fully saturated rings. The van der Waals surface area contributed by atoms with Gasteiger partial charge in [0.05, 0.1) is 55.1 Å². The lowest BCUT2D eigenvalue weighted by molar-refractivity contribution is -0.384. The summed E-state index contributed by atoms with van der Waals surface area (Å²) < 4.78 is 17.3. The maximum Gasteiger partial charge on any atom is 0.271 e. The van der Waals surface area contributed by atoms with Crippen LogP contribution >= 0.6 is 0 Å². The van der Waals surface area contributed by atoms with Gasteiger partial charge < -0.3 is 14.0 Å². The second-order valence-electron chi connectivity index (χ2n) is 10.9. The van der Waals surface area contributed by atoms with E-state index in [0.29, 0.717) is 53.9 Å². The maximum absolute atomic E-state index is 11.5. The molecule has 13 heteroatoms. The first kappa shape index (κ1) is 29.3. The molecule has 0 aliphatic carbocycles. The monoisotopic (exact) mass is 627 g/mol. The van der Waals surface area contributed by atoms with Gasteiger partial charge in [0.2, 0.25) is 0 Å². The zero-order valence-electron chi connectivity index (χ0n) is 25.4. The van der Waals surface area contributed by atoms with Crippen molar-refractivity contribution in [2.45, 2.75) is 26.2 Å². The van der Waals surface area contributed by atoms with Crippen molar-refractivity contribution in [2.24, 2.45) is 0 Å². The first-order valence-corrected chi connectivity index (χ1v) is 14.8. The third-order valence-electron chi connectivity index (χ3n) is 7.61. The summed E-state index contributed by atoms with van der Waals surface area (Å²) in [6.45, 7) is 1.74. The molecular formula is C34H29N9O4. The van der Waals surface area contributed by atoms with Gasteiger partial charge in [-0.1, -0.05) is 71.1 Å². The summed E-state index contributed by atoms with van der Waals surface area (Å²) in [6.07, 6.45) is 3.74. The fourth-order valence-corrected chi connectivity index (χ4v) is 5.36. The van der Waals surface area contributed by atoms with Gasteiger partial charge in [0.1, 0.15) is 23.8 Å². The van der Waals surface area contributed by atoms with Crippen LogP contribution in [0, 0.1) is 10.1 Å². The molecule has 13 nitrogen and oxygen atoms in total. The van der Waals surface area contributed by atoms with E-state index < -0.39 is 4.92 Å². The molecule has 47 heavy (non-hydrogen) atoms. The topological polar surface area (TPSA) is 141 Å². The molecule has 3 aromatic heterocycles. The van der Waals surface area contributed by atoms with Gasteiger partial charge in [-0.3, -0.25) is 10.1 Å². The van der Waals surface area contributed by atoms with E-state index in [0.717, 1.165) is 22.2 Å². The molecule has 0 aliphatic rings. The number of benzene rings is 4. The van der Waals surface area contributed by atoms with E-state index in [1.54, 1.807) is 22.5 Å². The second kappa shape index (κ2) is 12.9. The summed E-state index contributed by atoms with van der Waals surface area (Å²) in [5.41, 5.74) is 5.53. The van der Waals surface area contributed by atoms with Crippen LogP contribution in [0.25, 0.3) is 22.4 Å². The van der Waals surface area contributed by atoms with Crippen molar-refractivity contribution < 1.29 is 14.4 Å². The molecule has 0 spiro atoms. The van der Waals surface area contributed by atoms with Crippen molar-refractivity contribution in [2.75, 3.05) is 7.11 Å². The Morgan fingerprint density at radius 2 is 1.40 bits per heavy atom. The Balaban J connectivity index is 1.15. The summed E-state index contributed by atoms with van der Waals surface area (Å²) in [7, 11) is 1.57.